The van der Waals surface area contributed by atoms with Crippen LogP contribution in [0.25, 0.3) is 0 Å². The standard InChI is InChI=1S/C7H16N2O/c1-9(2)5-7-6-10-4-3-8-7/h7-8H,3-6H2,1-2H3. The third kappa shape index (κ3) is 2.64. The van der Waals surface area contributed by atoms with Crippen LogP contribution in [0.1, 0.15) is 0 Å². The van der Waals surface area contributed by atoms with Gasteiger partial charge in [-0.05, 0) is 14.1 Å². The van der Waals surface area contributed by atoms with Crippen molar-refractivity contribution in [2.24, 2.45) is 0 Å². The third-order valence-electron chi connectivity index (χ3n) is 1.58. The summed E-state index contributed by atoms with van der Waals surface area (Å²) >= 11 is 0. The molecule has 0 saturated carbocycles. The number of ether oxygens (including phenoxy) is 1. The van der Waals surface area contributed by atoms with Gasteiger partial charge in [-0.25, -0.2) is 0 Å². The van der Waals surface area contributed by atoms with E-state index in [1.165, 1.54) is 0 Å². The zero-order valence-corrected chi connectivity index (χ0v) is 6.76. The molecule has 0 radical (unpaired) electrons. The Morgan fingerprint density at radius 1 is 1.60 bits per heavy atom. The molecule has 60 valence electrons. The lowest BCUT2D eigenvalue weighted by Gasteiger charge is -2.26. The molecule has 1 N–H and O–H groups in total. The minimum atomic E-state index is 0.531. The first-order valence-corrected chi connectivity index (χ1v) is 3.75. The topological polar surface area (TPSA) is 24.5 Å². The van der Waals surface area contributed by atoms with Gasteiger partial charge in [0.1, 0.15) is 0 Å². The molecule has 1 saturated heterocycles. The van der Waals surface area contributed by atoms with Crippen LogP contribution < -0.4 is 5.32 Å². The molecule has 1 heterocycles. The van der Waals surface area contributed by atoms with Crippen molar-refractivity contribution in [3.8, 4) is 0 Å². The second-order valence-electron chi connectivity index (χ2n) is 2.99. The van der Waals surface area contributed by atoms with Crippen molar-refractivity contribution < 1.29 is 4.74 Å². The number of morpholine rings is 1. The van der Waals surface area contributed by atoms with Gasteiger partial charge in [0.05, 0.1) is 13.2 Å². The molecule has 1 fully saturated rings. The van der Waals surface area contributed by atoms with E-state index in [0.29, 0.717) is 6.04 Å². The largest absolute Gasteiger partial charge is 0.378 e. The molecule has 10 heavy (non-hydrogen) atoms. The second kappa shape index (κ2) is 3.91. The molecule has 1 atom stereocenters. The summed E-state index contributed by atoms with van der Waals surface area (Å²) in [5.74, 6) is 0. The molecular formula is C7H16N2O. The van der Waals surface area contributed by atoms with Gasteiger partial charge >= 0.3 is 0 Å². The summed E-state index contributed by atoms with van der Waals surface area (Å²) in [7, 11) is 4.16. The molecule has 0 aromatic carbocycles. The Balaban J connectivity index is 2.13. The zero-order valence-electron chi connectivity index (χ0n) is 6.76. The number of hydrogen-bond donors (Lipinski definition) is 1. The highest BCUT2D eigenvalue weighted by atomic mass is 16.5. The molecule has 1 aliphatic heterocycles. The van der Waals surface area contributed by atoms with E-state index in [-0.39, 0.29) is 0 Å². The van der Waals surface area contributed by atoms with E-state index in [4.69, 9.17) is 4.74 Å². The molecule has 0 aliphatic carbocycles. The van der Waals surface area contributed by atoms with Crippen molar-refractivity contribution in [3.63, 3.8) is 0 Å². The van der Waals surface area contributed by atoms with Crippen molar-refractivity contribution in [3.05, 3.63) is 0 Å². The summed E-state index contributed by atoms with van der Waals surface area (Å²) in [6.45, 7) is 3.79. The predicted octanol–water partition coefficient (Wildman–Crippen LogP) is -0.464. The van der Waals surface area contributed by atoms with Gasteiger partial charge in [0.25, 0.3) is 0 Å². The lowest BCUT2D eigenvalue weighted by Crippen LogP contribution is -2.46. The Morgan fingerprint density at radius 3 is 2.90 bits per heavy atom. The van der Waals surface area contributed by atoms with Crippen LogP contribution in [-0.2, 0) is 4.74 Å². The van der Waals surface area contributed by atoms with Crippen molar-refractivity contribution in [1.29, 1.82) is 0 Å². The molecule has 0 aromatic heterocycles. The first-order chi connectivity index (χ1) is 4.79. The highest BCUT2D eigenvalue weighted by Crippen LogP contribution is 1.93. The molecule has 0 spiro atoms. The van der Waals surface area contributed by atoms with E-state index in [1.54, 1.807) is 0 Å². The molecule has 1 rings (SSSR count). The van der Waals surface area contributed by atoms with Gasteiger partial charge in [0.2, 0.25) is 0 Å². The molecule has 0 bridgehead atoms. The first-order valence-electron chi connectivity index (χ1n) is 3.75. The molecule has 0 aromatic rings. The fourth-order valence-corrected chi connectivity index (χ4v) is 1.18. The normalized spacial score (nSPS) is 27.3. The van der Waals surface area contributed by atoms with Gasteiger partial charge in [-0.15, -0.1) is 0 Å². The molecule has 3 nitrogen and oxygen atoms in total. The Kier molecular flexibility index (Phi) is 3.12. The maximum absolute atomic E-state index is 5.29. The molecule has 0 amide bonds. The van der Waals surface area contributed by atoms with Crippen LogP contribution in [0.4, 0.5) is 0 Å². The molecule has 3 heteroatoms. The van der Waals surface area contributed by atoms with E-state index >= 15 is 0 Å². The van der Waals surface area contributed by atoms with Gasteiger partial charge in [-0.1, -0.05) is 0 Å². The van der Waals surface area contributed by atoms with Crippen LogP contribution in [0.15, 0.2) is 0 Å². The predicted molar refractivity (Wildman–Crippen MR) is 41.2 cm³/mol. The molecular weight excluding hydrogens is 128 g/mol. The highest BCUT2D eigenvalue weighted by Gasteiger charge is 2.12. The van der Waals surface area contributed by atoms with Crippen LogP contribution in [0.5, 0.6) is 0 Å². The van der Waals surface area contributed by atoms with Crippen LogP contribution in [0, 0.1) is 0 Å². The summed E-state index contributed by atoms with van der Waals surface area (Å²) in [6, 6.07) is 0.531. The Morgan fingerprint density at radius 2 is 2.40 bits per heavy atom. The zero-order chi connectivity index (χ0) is 7.40. The summed E-state index contributed by atoms with van der Waals surface area (Å²) in [5, 5.41) is 3.38. The van der Waals surface area contributed by atoms with E-state index < -0.39 is 0 Å². The summed E-state index contributed by atoms with van der Waals surface area (Å²) in [6.07, 6.45) is 0. The Labute approximate surface area is 62.3 Å². The third-order valence-corrected chi connectivity index (χ3v) is 1.58. The fraction of sp³-hybridized carbons (Fsp3) is 1.00. The van der Waals surface area contributed by atoms with Crippen molar-refractivity contribution in [2.45, 2.75) is 6.04 Å². The van der Waals surface area contributed by atoms with Crippen LogP contribution in [0.2, 0.25) is 0 Å². The van der Waals surface area contributed by atoms with Gasteiger partial charge in [0.15, 0.2) is 0 Å². The van der Waals surface area contributed by atoms with Crippen molar-refractivity contribution >= 4 is 0 Å². The number of likely N-dealkylation sites (N-methyl/N-ethyl adjacent to an activating group) is 1. The minimum absolute atomic E-state index is 0.531. The first kappa shape index (κ1) is 7.98. The SMILES string of the molecule is CN(C)CC1COCCN1. The van der Waals surface area contributed by atoms with Crippen molar-refractivity contribution in [2.75, 3.05) is 40.4 Å². The number of nitrogens with one attached hydrogen (secondary N) is 1. The number of nitrogens with zero attached hydrogens (tertiary/aromatic N) is 1. The number of hydrogen-bond acceptors (Lipinski definition) is 3. The molecule has 1 unspecified atom stereocenters. The smallest absolute Gasteiger partial charge is 0.0632 e. The van der Waals surface area contributed by atoms with Gasteiger partial charge < -0.3 is 15.0 Å². The van der Waals surface area contributed by atoms with E-state index in [2.05, 4.69) is 24.3 Å². The maximum atomic E-state index is 5.29. The average Bonchev–Trinajstić information content (AvgIpc) is 1.88. The van der Waals surface area contributed by atoms with Crippen LogP contribution >= 0.6 is 0 Å². The number of rotatable bonds is 2. The quantitative estimate of drug-likeness (QED) is 0.567. The average molecular weight is 144 g/mol. The summed E-state index contributed by atoms with van der Waals surface area (Å²) < 4.78 is 5.29. The lowest BCUT2D eigenvalue weighted by atomic mass is 10.3. The van der Waals surface area contributed by atoms with E-state index in [9.17, 15) is 0 Å². The lowest BCUT2D eigenvalue weighted by molar-refractivity contribution is 0.0680. The molecule has 1 aliphatic rings. The van der Waals surface area contributed by atoms with E-state index in [0.717, 1.165) is 26.3 Å². The highest BCUT2D eigenvalue weighted by molar-refractivity contribution is 4.71. The van der Waals surface area contributed by atoms with Crippen molar-refractivity contribution in [1.82, 2.24) is 10.2 Å². The second-order valence-corrected chi connectivity index (χ2v) is 2.99. The van der Waals surface area contributed by atoms with Crippen LogP contribution in [-0.4, -0.2) is 51.3 Å². The van der Waals surface area contributed by atoms with Crippen LogP contribution in [0.3, 0.4) is 0 Å². The van der Waals surface area contributed by atoms with E-state index in [1.807, 2.05) is 0 Å². The Bertz CT molecular complexity index is 89.6. The van der Waals surface area contributed by atoms with Gasteiger partial charge in [-0.2, -0.15) is 0 Å². The fourth-order valence-electron chi connectivity index (χ4n) is 1.18. The monoisotopic (exact) mass is 144 g/mol. The Hall–Kier alpha value is -0.120. The summed E-state index contributed by atoms with van der Waals surface area (Å²) in [5.41, 5.74) is 0. The van der Waals surface area contributed by atoms with Gasteiger partial charge in [-0.3, -0.25) is 0 Å². The maximum Gasteiger partial charge on any atom is 0.0632 e. The summed E-state index contributed by atoms with van der Waals surface area (Å²) in [4.78, 5) is 2.17. The minimum Gasteiger partial charge on any atom is -0.378 e. The van der Waals surface area contributed by atoms with Gasteiger partial charge in [0, 0.05) is 19.1 Å².